The van der Waals surface area contributed by atoms with E-state index in [0.29, 0.717) is 13.0 Å². The van der Waals surface area contributed by atoms with E-state index in [2.05, 4.69) is 0 Å². The van der Waals surface area contributed by atoms with Gasteiger partial charge in [0.05, 0.1) is 0 Å². The zero-order chi connectivity index (χ0) is 8.97. The normalized spacial score (nSPS) is 10.2. The van der Waals surface area contributed by atoms with Crippen molar-refractivity contribution >= 4 is 5.91 Å². The van der Waals surface area contributed by atoms with E-state index in [-0.39, 0.29) is 5.91 Å². The minimum atomic E-state index is 0.136. The molecule has 1 rings (SSSR count). The Morgan fingerprint density at radius 3 is 2.92 bits per heavy atom. The first kappa shape index (κ1) is 9.00. The summed E-state index contributed by atoms with van der Waals surface area (Å²) in [5.41, 5.74) is 6.41. The third kappa shape index (κ3) is 1.95. The molecule has 66 valence electrons. The van der Waals surface area contributed by atoms with Crippen molar-refractivity contribution in [3.8, 4) is 0 Å². The summed E-state index contributed by atoms with van der Waals surface area (Å²) in [6, 6.07) is 1.87. The van der Waals surface area contributed by atoms with Gasteiger partial charge in [-0.25, -0.2) is 0 Å². The fraction of sp³-hybridized carbons (Fsp3) is 0.444. The van der Waals surface area contributed by atoms with Crippen LogP contribution >= 0.6 is 0 Å². The second kappa shape index (κ2) is 4.07. The van der Waals surface area contributed by atoms with Gasteiger partial charge >= 0.3 is 0 Å². The van der Waals surface area contributed by atoms with Crippen molar-refractivity contribution in [3.63, 3.8) is 0 Å². The molecule has 0 aromatic carbocycles. The number of rotatable bonds is 3. The van der Waals surface area contributed by atoms with E-state index in [0.717, 1.165) is 12.0 Å². The van der Waals surface area contributed by atoms with Gasteiger partial charge in [0.1, 0.15) is 0 Å². The van der Waals surface area contributed by atoms with Crippen molar-refractivity contribution < 1.29 is 4.79 Å². The van der Waals surface area contributed by atoms with Crippen LogP contribution in [0.5, 0.6) is 0 Å². The molecule has 0 unspecified atom stereocenters. The van der Waals surface area contributed by atoms with E-state index in [4.69, 9.17) is 5.73 Å². The predicted molar refractivity (Wildman–Crippen MR) is 47.9 cm³/mol. The average molecular weight is 166 g/mol. The van der Waals surface area contributed by atoms with E-state index in [1.165, 1.54) is 0 Å². The minimum Gasteiger partial charge on any atom is -0.326 e. The van der Waals surface area contributed by atoms with Crippen molar-refractivity contribution in [1.82, 2.24) is 4.57 Å². The van der Waals surface area contributed by atoms with Crippen LogP contribution in [0.25, 0.3) is 0 Å². The summed E-state index contributed by atoms with van der Waals surface area (Å²) in [4.78, 5) is 11.3. The van der Waals surface area contributed by atoms with Gasteiger partial charge in [0, 0.05) is 25.4 Å². The summed E-state index contributed by atoms with van der Waals surface area (Å²) in [6.45, 7) is 2.48. The molecule has 0 aliphatic carbocycles. The highest BCUT2D eigenvalue weighted by molar-refractivity contribution is 5.78. The highest BCUT2D eigenvalue weighted by Gasteiger charge is 2.02. The van der Waals surface area contributed by atoms with Crippen LogP contribution in [0.3, 0.4) is 0 Å². The predicted octanol–water partition coefficient (Wildman–Crippen LogP) is 1.39. The number of carbonyl (C=O) groups excluding carboxylic acids is 1. The van der Waals surface area contributed by atoms with Crippen molar-refractivity contribution in [2.45, 2.75) is 26.3 Å². The lowest BCUT2D eigenvalue weighted by atomic mass is 10.3. The maximum absolute atomic E-state index is 11.3. The molecule has 3 heteroatoms. The Kier molecular flexibility index (Phi) is 3.05. The van der Waals surface area contributed by atoms with Crippen molar-refractivity contribution in [1.29, 1.82) is 0 Å². The van der Waals surface area contributed by atoms with Crippen molar-refractivity contribution in [2.75, 3.05) is 0 Å². The van der Waals surface area contributed by atoms with E-state index in [9.17, 15) is 4.79 Å². The highest BCUT2D eigenvalue weighted by Crippen LogP contribution is 2.02. The fourth-order valence-corrected chi connectivity index (χ4v) is 1.06. The first-order chi connectivity index (χ1) is 5.77. The number of aromatic nitrogens is 1. The zero-order valence-electron chi connectivity index (χ0n) is 7.29. The third-order valence-electron chi connectivity index (χ3n) is 1.74. The van der Waals surface area contributed by atoms with Gasteiger partial charge in [0.15, 0.2) is 0 Å². The van der Waals surface area contributed by atoms with Crippen LogP contribution in [-0.2, 0) is 6.54 Å². The molecule has 0 fully saturated rings. The van der Waals surface area contributed by atoms with E-state index in [1.54, 1.807) is 17.0 Å². The molecule has 1 aromatic rings. The van der Waals surface area contributed by atoms with Gasteiger partial charge in [-0.15, -0.1) is 0 Å². The van der Waals surface area contributed by atoms with Crippen LogP contribution in [0.1, 0.15) is 30.1 Å². The molecule has 0 bridgehead atoms. The molecule has 0 saturated carbocycles. The molecule has 0 radical (unpaired) electrons. The van der Waals surface area contributed by atoms with E-state index >= 15 is 0 Å². The number of nitrogens with zero attached hydrogens (tertiary/aromatic N) is 1. The number of nitrogens with two attached hydrogens (primary N) is 1. The summed E-state index contributed by atoms with van der Waals surface area (Å²) < 4.78 is 1.60. The molecule has 1 heterocycles. The van der Waals surface area contributed by atoms with Crippen molar-refractivity contribution in [2.24, 2.45) is 5.73 Å². The van der Waals surface area contributed by atoms with Gasteiger partial charge in [0.2, 0.25) is 5.91 Å². The zero-order valence-corrected chi connectivity index (χ0v) is 7.29. The molecule has 0 atom stereocenters. The third-order valence-corrected chi connectivity index (χ3v) is 1.74. The number of hydrogen-bond acceptors (Lipinski definition) is 2. The summed E-state index contributed by atoms with van der Waals surface area (Å²) in [7, 11) is 0. The smallest absolute Gasteiger partial charge is 0.230 e. The molecule has 0 spiro atoms. The first-order valence-electron chi connectivity index (χ1n) is 4.18. The van der Waals surface area contributed by atoms with E-state index in [1.807, 2.05) is 13.0 Å². The SMILES string of the molecule is CCCC(=O)n1ccc(CN)c1. The van der Waals surface area contributed by atoms with Crippen LogP contribution in [0.4, 0.5) is 0 Å². The Bertz CT molecular complexity index is 265. The number of hydrogen-bond donors (Lipinski definition) is 1. The van der Waals surface area contributed by atoms with Crippen LogP contribution in [0, 0.1) is 0 Å². The lowest BCUT2D eigenvalue weighted by Crippen LogP contribution is -2.07. The first-order valence-corrected chi connectivity index (χ1v) is 4.18. The molecule has 12 heavy (non-hydrogen) atoms. The molecule has 0 saturated heterocycles. The maximum Gasteiger partial charge on any atom is 0.230 e. The molecular formula is C9H14N2O. The molecule has 0 aliphatic heterocycles. The molecule has 2 N–H and O–H groups in total. The second-order valence-electron chi connectivity index (χ2n) is 2.77. The summed E-state index contributed by atoms with van der Waals surface area (Å²) in [6.07, 6.45) is 5.03. The second-order valence-corrected chi connectivity index (χ2v) is 2.77. The fourth-order valence-electron chi connectivity index (χ4n) is 1.06. The van der Waals surface area contributed by atoms with E-state index < -0.39 is 0 Å². The Labute approximate surface area is 72.2 Å². The molecule has 0 amide bonds. The largest absolute Gasteiger partial charge is 0.326 e. The quantitative estimate of drug-likeness (QED) is 0.737. The van der Waals surface area contributed by atoms with Gasteiger partial charge < -0.3 is 5.73 Å². The lowest BCUT2D eigenvalue weighted by Gasteiger charge is -1.97. The molecule has 3 nitrogen and oxygen atoms in total. The van der Waals surface area contributed by atoms with Gasteiger partial charge in [-0.2, -0.15) is 0 Å². The Hall–Kier alpha value is -1.09. The number of carbonyl (C=O) groups is 1. The van der Waals surface area contributed by atoms with Crippen molar-refractivity contribution in [3.05, 3.63) is 24.0 Å². The van der Waals surface area contributed by atoms with Gasteiger partial charge in [-0.1, -0.05) is 6.92 Å². The molecular weight excluding hydrogens is 152 g/mol. The Balaban J connectivity index is 2.68. The topological polar surface area (TPSA) is 48.0 Å². The van der Waals surface area contributed by atoms with Gasteiger partial charge in [-0.05, 0) is 18.1 Å². The standard InChI is InChI=1S/C9H14N2O/c1-2-3-9(12)11-5-4-8(6-10)7-11/h4-5,7H,2-3,6,10H2,1H3. The van der Waals surface area contributed by atoms with Gasteiger partial charge in [0.25, 0.3) is 0 Å². The Morgan fingerprint density at radius 2 is 2.42 bits per heavy atom. The lowest BCUT2D eigenvalue weighted by molar-refractivity contribution is 0.0902. The molecule has 1 aromatic heterocycles. The monoisotopic (exact) mass is 166 g/mol. The van der Waals surface area contributed by atoms with Gasteiger partial charge in [-0.3, -0.25) is 9.36 Å². The summed E-state index contributed by atoms with van der Waals surface area (Å²) >= 11 is 0. The summed E-state index contributed by atoms with van der Waals surface area (Å²) in [5, 5.41) is 0. The van der Waals surface area contributed by atoms with Crippen LogP contribution in [-0.4, -0.2) is 10.5 Å². The maximum atomic E-state index is 11.3. The average Bonchev–Trinajstić information content (AvgIpc) is 2.52. The minimum absolute atomic E-state index is 0.136. The van der Waals surface area contributed by atoms with Crippen LogP contribution in [0.2, 0.25) is 0 Å². The molecule has 0 aliphatic rings. The Morgan fingerprint density at radius 1 is 1.67 bits per heavy atom. The van der Waals surface area contributed by atoms with Crippen LogP contribution < -0.4 is 5.73 Å². The van der Waals surface area contributed by atoms with Crippen LogP contribution in [0.15, 0.2) is 18.5 Å². The summed E-state index contributed by atoms with van der Waals surface area (Å²) in [5.74, 6) is 0.136. The highest BCUT2D eigenvalue weighted by atomic mass is 16.1.